The summed E-state index contributed by atoms with van der Waals surface area (Å²) in [6, 6.07) is 2.82. The molecular formula is C12H14N4O4S2. The summed E-state index contributed by atoms with van der Waals surface area (Å²) in [6.07, 6.45) is 4.40. The van der Waals surface area contributed by atoms with E-state index in [1.807, 2.05) is 0 Å². The molecule has 1 aliphatic rings. The molecule has 10 heteroatoms. The molecule has 3 heterocycles. The molecule has 1 N–H and O–H groups in total. The van der Waals surface area contributed by atoms with E-state index in [-0.39, 0.29) is 15.1 Å². The number of hydrogen-bond acceptors (Lipinski definition) is 6. The smallest absolute Gasteiger partial charge is 0.345 e. The molecule has 118 valence electrons. The van der Waals surface area contributed by atoms with Crippen molar-refractivity contribution >= 4 is 27.3 Å². The van der Waals surface area contributed by atoms with Gasteiger partial charge in [0.15, 0.2) is 0 Å². The second-order valence-electron chi connectivity index (χ2n) is 4.93. The summed E-state index contributed by atoms with van der Waals surface area (Å²) < 4.78 is 28.3. The van der Waals surface area contributed by atoms with Crippen molar-refractivity contribution < 1.29 is 18.3 Å². The Morgan fingerprint density at radius 3 is 2.59 bits per heavy atom. The SMILES string of the molecule is O=C(O)c1ccc(S(=O)(=O)N2CCC(n3cncn3)CC2)s1. The summed E-state index contributed by atoms with van der Waals surface area (Å²) in [5.74, 6) is -1.11. The third kappa shape index (κ3) is 2.76. The van der Waals surface area contributed by atoms with Gasteiger partial charge in [0.2, 0.25) is 0 Å². The highest BCUT2D eigenvalue weighted by Crippen LogP contribution is 2.29. The van der Waals surface area contributed by atoms with Gasteiger partial charge in [0.1, 0.15) is 21.7 Å². The lowest BCUT2D eigenvalue weighted by Gasteiger charge is -2.30. The normalized spacial score (nSPS) is 17.6. The zero-order valence-electron chi connectivity index (χ0n) is 11.5. The maximum Gasteiger partial charge on any atom is 0.345 e. The molecule has 22 heavy (non-hydrogen) atoms. The van der Waals surface area contributed by atoms with E-state index < -0.39 is 16.0 Å². The summed E-state index contributed by atoms with van der Waals surface area (Å²) in [5, 5.41) is 13.0. The Balaban J connectivity index is 1.72. The molecule has 2 aromatic rings. The van der Waals surface area contributed by atoms with Crippen molar-refractivity contribution in [2.45, 2.75) is 23.1 Å². The van der Waals surface area contributed by atoms with Crippen LogP contribution in [0.4, 0.5) is 0 Å². The molecular weight excluding hydrogens is 328 g/mol. The van der Waals surface area contributed by atoms with E-state index in [1.165, 1.54) is 22.8 Å². The van der Waals surface area contributed by atoms with Gasteiger partial charge in [-0.05, 0) is 25.0 Å². The van der Waals surface area contributed by atoms with Gasteiger partial charge in [0.25, 0.3) is 10.0 Å². The third-order valence-electron chi connectivity index (χ3n) is 3.62. The highest BCUT2D eigenvalue weighted by Gasteiger charge is 2.31. The van der Waals surface area contributed by atoms with Crippen LogP contribution in [0.15, 0.2) is 29.0 Å². The van der Waals surface area contributed by atoms with Crippen LogP contribution in [0.2, 0.25) is 0 Å². The largest absolute Gasteiger partial charge is 0.477 e. The number of aromatic carboxylic acids is 1. The van der Waals surface area contributed by atoms with Crippen LogP contribution in [0.5, 0.6) is 0 Å². The highest BCUT2D eigenvalue weighted by atomic mass is 32.2. The Morgan fingerprint density at radius 2 is 2.05 bits per heavy atom. The molecule has 0 radical (unpaired) electrons. The van der Waals surface area contributed by atoms with Gasteiger partial charge < -0.3 is 5.11 Å². The number of carbonyl (C=O) groups is 1. The van der Waals surface area contributed by atoms with Crippen molar-refractivity contribution in [2.75, 3.05) is 13.1 Å². The second kappa shape index (κ2) is 5.78. The minimum atomic E-state index is -3.62. The number of rotatable bonds is 4. The van der Waals surface area contributed by atoms with Crippen molar-refractivity contribution in [1.82, 2.24) is 19.1 Å². The fraction of sp³-hybridized carbons (Fsp3) is 0.417. The molecule has 0 unspecified atom stereocenters. The topological polar surface area (TPSA) is 105 Å². The van der Waals surface area contributed by atoms with Gasteiger partial charge in [0, 0.05) is 13.1 Å². The number of hydrogen-bond donors (Lipinski definition) is 1. The Morgan fingerprint density at radius 1 is 1.32 bits per heavy atom. The minimum absolute atomic E-state index is 0.0241. The molecule has 8 nitrogen and oxygen atoms in total. The van der Waals surface area contributed by atoms with E-state index in [0.717, 1.165) is 11.3 Å². The van der Waals surface area contributed by atoms with Crippen molar-refractivity contribution in [2.24, 2.45) is 0 Å². The minimum Gasteiger partial charge on any atom is -0.477 e. The van der Waals surface area contributed by atoms with Gasteiger partial charge in [-0.3, -0.25) is 0 Å². The molecule has 0 bridgehead atoms. The van der Waals surface area contributed by atoms with E-state index in [0.29, 0.717) is 25.9 Å². The highest BCUT2D eigenvalue weighted by molar-refractivity contribution is 7.91. The van der Waals surface area contributed by atoms with Crippen molar-refractivity contribution in [3.63, 3.8) is 0 Å². The summed E-state index contributed by atoms with van der Waals surface area (Å²) in [5.41, 5.74) is 0. The molecule has 0 amide bonds. The monoisotopic (exact) mass is 342 g/mol. The first-order valence-corrected chi connectivity index (χ1v) is 8.91. The van der Waals surface area contributed by atoms with Crippen LogP contribution in [0.25, 0.3) is 0 Å². The van der Waals surface area contributed by atoms with E-state index in [1.54, 1.807) is 11.0 Å². The number of carboxylic acid groups (broad SMARTS) is 1. The zero-order valence-corrected chi connectivity index (χ0v) is 13.1. The maximum atomic E-state index is 12.5. The van der Waals surface area contributed by atoms with Gasteiger partial charge >= 0.3 is 5.97 Å². The number of thiophene rings is 1. The average Bonchev–Trinajstić information content (AvgIpc) is 3.19. The number of sulfonamides is 1. The van der Waals surface area contributed by atoms with Crippen molar-refractivity contribution in [3.8, 4) is 0 Å². The molecule has 0 aromatic carbocycles. The molecule has 0 saturated carbocycles. The Bertz CT molecular complexity index is 761. The summed E-state index contributed by atoms with van der Waals surface area (Å²) in [6.45, 7) is 0.764. The molecule has 1 fully saturated rings. The lowest BCUT2D eigenvalue weighted by Crippen LogP contribution is -2.38. The molecule has 3 rings (SSSR count). The third-order valence-corrected chi connectivity index (χ3v) is 7.06. The van der Waals surface area contributed by atoms with Crippen LogP contribution >= 0.6 is 11.3 Å². The van der Waals surface area contributed by atoms with Crippen LogP contribution in [-0.4, -0.2) is 51.7 Å². The maximum absolute atomic E-state index is 12.5. The summed E-state index contributed by atoms with van der Waals surface area (Å²) in [4.78, 5) is 14.8. The van der Waals surface area contributed by atoms with Crippen LogP contribution in [0.3, 0.4) is 0 Å². The van der Waals surface area contributed by atoms with E-state index in [4.69, 9.17) is 5.11 Å². The molecule has 1 aliphatic heterocycles. The number of aromatic nitrogens is 3. The fourth-order valence-electron chi connectivity index (χ4n) is 2.45. The predicted octanol–water partition coefficient (Wildman–Crippen LogP) is 1.06. The lowest BCUT2D eigenvalue weighted by molar-refractivity contribution is 0.0702. The second-order valence-corrected chi connectivity index (χ2v) is 8.18. The Hall–Kier alpha value is -1.78. The van der Waals surface area contributed by atoms with Crippen molar-refractivity contribution in [1.29, 1.82) is 0 Å². The Labute approximate surface area is 131 Å². The van der Waals surface area contributed by atoms with Gasteiger partial charge in [-0.2, -0.15) is 9.40 Å². The number of piperidine rings is 1. The summed E-state index contributed by atoms with van der Waals surface area (Å²) in [7, 11) is -3.62. The van der Waals surface area contributed by atoms with Crippen LogP contribution < -0.4 is 0 Å². The lowest BCUT2D eigenvalue weighted by atomic mass is 10.1. The van der Waals surface area contributed by atoms with E-state index >= 15 is 0 Å². The number of nitrogens with zero attached hydrogens (tertiary/aromatic N) is 4. The van der Waals surface area contributed by atoms with Crippen molar-refractivity contribution in [3.05, 3.63) is 29.7 Å². The van der Waals surface area contributed by atoms with Gasteiger partial charge in [0.05, 0.1) is 6.04 Å². The van der Waals surface area contributed by atoms with Gasteiger partial charge in [-0.25, -0.2) is 22.9 Å². The van der Waals surface area contributed by atoms with E-state index in [9.17, 15) is 13.2 Å². The Kier molecular flexibility index (Phi) is 3.98. The molecule has 0 aliphatic carbocycles. The molecule has 0 atom stereocenters. The molecule has 1 saturated heterocycles. The first-order valence-electron chi connectivity index (χ1n) is 6.66. The standard InChI is InChI=1S/C12H14N4O4S2/c17-12(18)10-1-2-11(21-10)22(19,20)15-5-3-9(4-6-15)16-8-13-7-14-16/h1-2,7-9H,3-6H2,(H,17,18). The van der Waals surface area contributed by atoms with Crippen LogP contribution in [0.1, 0.15) is 28.6 Å². The summed E-state index contributed by atoms with van der Waals surface area (Å²) >= 11 is 0.783. The first kappa shape index (κ1) is 15.1. The molecule has 0 spiro atoms. The van der Waals surface area contributed by atoms with Crippen LogP contribution in [0, 0.1) is 0 Å². The quantitative estimate of drug-likeness (QED) is 0.891. The predicted molar refractivity (Wildman–Crippen MR) is 78.3 cm³/mol. The van der Waals surface area contributed by atoms with Gasteiger partial charge in [-0.1, -0.05) is 0 Å². The van der Waals surface area contributed by atoms with E-state index in [2.05, 4.69) is 10.1 Å². The zero-order chi connectivity index (χ0) is 15.7. The van der Waals surface area contributed by atoms with Gasteiger partial charge in [-0.15, -0.1) is 11.3 Å². The molecule has 2 aromatic heterocycles. The average molecular weight is 342 g/mol. The first-order chi connectivity index (χ1) is 10.5. The fourth-order valence-corrected chi connectivity index (χ4v) is 5.22. The van der Waals surface area contributed by atoms with Crippen LogP contribution in [-0.2, 0) is 10.0 Å². The number of carboxylic acids is 1.